The van der Waals surface area contributed by atoms with Gasteiger partial charge in [-0.15, -0.1) is 0 Å². The molecule has 7 heteroatoms. The molecule has 1 saturated heterocycles. The monoisotopic (exact) mass is 319 g/mol. The number of nitro groups is 1. The number of anilines is 1. The minimum Gasteiger partial charge on any atom is -0.392 e. The van der Waals surface area contributed by atoms with Crippen molar-refractivity contribution in [2.75, 3.05) is 25.0 Å². The summed E-state index contributed by atoms with van der Waals surface area (Å²) in [7, 11) is 1.85. The van der Waals surface area contributed by atoms with Gasteiger partial charge in [-0.25, -0.2) is 0 Å². The van der Waals surface area contributed by atoms with Gasteiger partial charge in [0.1, 0.15) is 0 Å². The van der Waals surface area contributed by atoms with E-state index in [0.29, 0.717) is 31.1 Å². The number of aliphatic hydroxyl groups excluding tert-OH is 1. The minimum absolute atomic E-state index is 0.0174. The standard InChI is InChI=1S/C16H21N3O4/c1-17(10-15(20)11-5-6-11)14-7-8-18(16(14)21)12-3-2-4-13(9-12)19(22)23/h2-4,9,11,14-15,20H,5-8,10H2,1H3. The highest BCUT2D eigenvalue weighted by molar-refractivity contribution is 5.99. The predicted octanol–water partition coefficient (Wildman–Crippen LogP) is 1.40. The van der Waals surface area contributed by atoms with Gasteiger partial charge in [0.15, 0.2) is 0 Å². The van der Waals surface area contributed by atoms with Crippen LogP contribution in [0.3, 0.4) is 0 Å². The number of amides is 1. The van der Waals surface area contributed by atoms with Crippen LogP contribution in [-0.4, -0.2) is 53.1 Å². The first-order valence-electron chi connectivity index (χ1n) is 7.91. The summed E-state index contributed by atoms with van der Waals surface area (Å²) in [6.07, 6.45) is 2.41. The topological polar surface area (TPSA) is 86.9 Å². The maximum atomic E-state index is 12.6. The van der Waals surface area contributed by atoms with Crippen molar-refractivity contribution in [2.24, 2.45) is 5.92 Å². The van der Waals surface area contributed by atoms with Crippen LogP contribution in [0, 0.1) is 16.0 Å². The fourth-order valence-corrected chi connectivity index (χ4v) is 3.16. The summed E-state index contributed by atoms with van der Waals surface area (Å²) in [6.45, 7) is 1.03. The van der Waals surface area contributed by atoms with Crippen LogP contribution in [-0.2, 0) is 4.79 Å². The third-order valence-electron chi connectivity index (χ3n) is 4.70. The van der Waals surface area contributed by atoms with E-state index < -0.39 is 4.92 Å². The molecule has 0 spiro atoms. The molecule has 2 unspecified atom stereocenters. The molecule has 1 aromatic carbocycles. The highest BCUT2D eigenvalue weighted by Gasteiger charge is 2.38. The van der Waals surface area contributed by atoms with Crippen LogP contribution in [0.5, 0.6) is 0 Å². The molecule has 1 N–H and O–H groups in total. The van der Waals surface area contributed by atoms with E-state index in [1.165, 1.54) is 12.1 Å². The molecule has 3 rings (SSSR count). The second-order valence-corrected chi connectivity index (χ2v) is 6.42. The van der Waals surface area contributed by atoms with Gasteiger partial charge in [0.05, 0.1) is 22.8 Å². The first-order valence-corrected chi connectivity index (χ1v) is 7.91. The Bertz CT molecular complexity index is 617. The Labute approximate surface area is 134 Å². The first kappa shape index (κ1) is 15.9. The highest BCUT2D eigenvalue weighted by Crippen LogP contribution is 2.33. The average Bonchev–Trinajstić information content (AvgIpc) is 3.30. The molecule has 1 aliphatic heterocycles. The number of rotatable bonds is 6. The first-order chi connectivity index (χ1) is 11.0. The number of benzene rings is 1. The molecule has 23 heavy (non-hydrogen) atoms. The van der Waals surface area contributed by atoms with Gasteiger partial charge in [-0.2, -0.15) is 0 Å². The van der Waals surface area contributed by atoms with Gasteiger partial charge in [-0.1, -0.05) is 6.07 Å². The van der Waals surface area contributed by atoms with Crippen molar-refractivity contribution in [3.05, 3.63) is 34.4 Å². The van der Waals surface area contributed by atoms with E-state index >= 15 is 0 Å². The Kier molecular flexibility index (Phi) is 4.32. The summed E-state index contributed by atoms with van der Waals surface area (Å²) in [6, 6.07) is 5.88. The van der Waals surface area contributed by atoms with Gasteiger partial charge in [-0.3, -0.25) is 19.8 Å². The van der Waals surface area contributed by atoms with Gasteiger partial charge in [-0.05, 0) is 38.3 Å². The van der Waals surface area contributed by atoms with E-state index in [4.69, 9.17) is 0 Å². The Morgan fingerprint density at radius 2 is 2.17 bits per heavy atom. The number of likely N-dealkylation sites (N-methyl/N-ethyl adjacent to an activating group) is 1. The van der Waals surface area contributed by atoms with Gasteiger partial charge < -0.3 is 10.0 Å². The molecule has 7 nitrogen and oxygen atoms in total. The van der Waals surface area contributed by atoms with Crippen LogP contribution >= 0.6 is 0 Å². The summed E-state index contributed by atoms with van der Waals surface area (Å²) in [5.74, 6) is 0.317. The third kappa shape index (κ3) is 3.35. The summed E-state index contributed by atoms with van der Waals surface area (Å²) >= 11 is 0. The van der Waals surface area contributed by atoms with E-state index in [2.05, 4.69) is 0 Å². The molecule has 1 amide bonds. The van der Waals surface area contributed by atoms with Crippen LogP contribution in [0.25, 0.3) is 0 Å². The number of aliphatic hydroxyl groups is 1. The SMILES string of the molecule is CN(CC(O)C1CC1)C1CCN(c2cccc([N+](=O)[O-])c2)C1=O. The third-order valence-corrected chi connectivity index (χ3v) is 4.70. The molecule has 0 bridgehead atoms. The molecule has 0 aromatic heterocycles. The lowest BCUT2D eigenvalue weighted by atomic mass is 10.1. The highest BCUT2D eigenvalue weighted by atomic mass is 16.6. The zero-order valence-corrected chi connectivity index (χ0v) is 13.1. The molecule has 124 valence electrons. The van der Waals surface area contributed by atoms with Crippen molar-refractivity contribution in [3.8, 4) is 0 Å². The summed E-state index contributed by atoms with van der Waals surface area (Å²) in [5.41, 5.74) is 0.541. The normalized spacial score (nSPS) is 22.7. The lowest BCUT2D eigenvalue weighted by Crippen LogP contribution is -2.43. The van der Waals surface area contributed by atoms with Gasteiger partial charge in [0, 0.05) is 25.2 Å². The maximum Gasteiger partial charge on any atom is 0.271 e. The molecule has 2 fully saturated rings. The molecule has 2 aliphatic rings. The smallest absolute Gasteiger partial charge is 0.271 e. The largest absolute Gasteiger partial charge is 0.392 e. The number of nitro benzene ring substituents is 1. The van der Waals surface area contributed by atoms with Crippen molar-refractivity contribution in [2.45, 2.75) is 31.4 Å². The quantitative estimate of drug-likeness (QED) is 0.632. The van der Waals surface area contributed by atoms with Crippen LogP contribution in [0.2, 0.25) is 0 Å². The summed E-state index contributed by atoms with van der Waals surface area (Å²) < 4.78 is 0. The van der Waals surface area contributed by atoms with Crippen LogP contribution < -0.4 is 4.90 Å². The van der Waals surface area contributed by atoms with Crippen LogP contribution in [0.15, 0.2) is 24.3 Å². The number of hydrogen-bond acceptors (Lipinski definition) is 5. The molecule has 0 radical (unpaired) electrons. The fraction of sp³-hybridized carbons (Fsp3) is 0.562. The molecular formula is C16H21N3O4. The van der Waals surface area contributed by atoms with E-state index in [0.717, 1.165) is 12.8 Å². The number of hydrogen-bond donors (Lipinski definition) is 1. The molecule has 1 heterocycles. The lowest BCUT2D eigenvalue weighted by Gasteiger charge is -2.26. The average molecular weight is 319 g/mol. The van der Waals surface area contributed by atoms with E-state index in [9.17, 15) is 20.0 Å². The number of carbonyl (C=O) groups is 1. The van der Waals surface area contributed by atoms with Crippen molar-refractivity contribution in [1.82, 2.24) is 4.90 Å². The van der Waals surface area contributed by atoms with Gasteiger partial charge in [0.25, 0.3) is 5.69 Å². The van der Waals surface area contributed by atoms with Crippen LogP contribution in [0.1, 0.15) is 19.3 Å². The zero-order chi connectivity index (χ0) is 16.6. The van der Waals surface area contributed by atoms with E-state index in [1.807, 2.05) is 11.9 Å². The van der Waals surface area contributed by atoms with Crippen molar-refractivity contribution in [3.63, 3.8) is 0 Å². The van der Waals surface area contributed by atoms with Gasteiger partial charge >= 0.3 is 0 Å². The molecule has 1 aromatic rings. The maximum absolute atomic E-state index is 12.6. The Morgan fingerprint density at radius 3 is 2.83 bits per heavy atom. The predicted molar refractivity (Wildman–Crippen MR) is 85.2 cm³/mol. The van der Waals surface area contributed by atoms with E-state index in [-0.39, 0.29) is 23.7 Å². The number of non-ortho nitro benzene ring substituents is 1. The summed E-state index contributed by atoms with van der Waals surface area (Å²) in [4.78, 5) is 26.5. The minimum atomic E-state index is -0.459. The van der Waals surface area contributed by atoms with Crippen molar-refractivity contribution >= 4 is 17.3 Å². The Hall–Kier alpha value is -1.99. The molecule has 2 atom stereocenters. The fourth-order valence-electron chi connectivity index (χ4n) is 3.16. The summed E-state index contributed by atoms with van der Waals surface area (Å²) in [5, 5.41) is 20.9. The van der Waals surface area contributed by atoms with Crippen molar-refractivity contribution in [1.29, 1.82) is 0 Å². The molecule has 1 aliphatic carbocycles. The van der Waals surface area contributed by atoms with Crippen LogP contribution in [0.4, 0.5) is 11.4 Å². The van der Waals surface area contributed by atoms with Gasteiger partial charge in [0.2, 0.25) is 5.91 Å². The lowest BCUT2D eigenvalue weighted by molar-refractivity contribution is -0.384. The number of nitrogens with zero attached hydrogens (tertiary/aromatic N) is 3. The second kappa shape index (κ2) is 6.25. The molecule has 1 saturated carbocycles. The second-order valence-electron chi connectivity index (χ2n) is 6.42. The van der Waals surface area contributed by atoms with Crippen molar-refractivity contribution < 1.29 is 14.8 Å². The van der Waals surface area contributed by atoms with E-state index in [1.54, 1.807) is 17.0 Å². The zero-order valence-electron chi connectivity index (χ0n) is 13.1. The number of carbonyl (C=O) groups excluding carboxylic acids is 1. The Morgan fingerprint density at radius 1 is 1.43 bits per heavy atom. The molecular weight excluding hydrogens is 298 g/mol. The Balaban J connectivity index is 1.68.